The van der Waals surface area contributed by atoms with Gasteiger partial charge in [-0.05, 0) is 42.2 Å². The summed E-state index contributed by atoms with van der Waals surface area (Å²) >= 11 is 0. The van der Waals surface area contributed by atoms with Gasteiger partial charge in [-0.2, -0.15) is 0 Å². The number of ether oxygens (including phenoxy) is 2. The second-order valence-corrected chi connectivity index (χ2v) is 6.07. The smallest absolute Gasteiger partial charge is 0.305 e. The zero-order chi connectivity index (χ0) is 18.1. The highest BCUT2D eigenvalue weighted by Crippen LogP contribution is 2.25. The maximum Gasteiger partial charge on any atom is 0.305 e. The van der Waals surface area contributed by atoms with E-state index in [1.807, 2.05) is 62.4 Å². The molecule has 1 atom stereocenters. The van der Waals surface area contributed by atoms with Gasteiger partial charge < -0.3 is 14.6 Å². The molecule has 0 aliphatic rings. The molecule has 1 unspecified atom stereocenters. The van der Waals surface area contributed by atoms with Crippen LogP contribution in [0, 0.1) is 6.92 Å². The van der Waals surface area contributed by atoms with Crippen LogP contribution < -0.4 is 4.74 Å². The average Bonchev–Trinajstić information content (AvgIpc) is 2.61. The van der Waals surface area contributed by atoms with E-state index in [0.29, 0.717) is 19.4 Å². The van der Waals surface area contributed by atoms with Gasteiger partial charge in [-0.1, -0.05) is 43.3 Å². The first kappa shape index (κ1) is 19.0. The number of carbonyl (C=O) groups is 1. The fourth-order valence-corrected chi connectivity index (χ4v) is 2.57. The number of aryl methyl sites for hydroxylation is 1. The third kappa shape index (κ3) is 6.24. The van der Waals surface area contributed by atoms with Crippen molar-refractivity contribution in [3.63, 3.8) is 0 Å². The lowest BCUT2D eigenvalue weighted by molar-refractivity contribution is -0.144. The molecule has 0 saturated carbocycles. The molecule has 0 aliphatic heterocycles. The molecule has 0 bridgehead atoms. The van der Waals surface area contributed by atoms with E-state index < -0.39 is 6.10 Å². The maximum absolute atomic E-state index is 11.3. The van der Waals surface area contributed by atoms with E-state index in [0.717, 1.165) is 28.9 Å². The molecular formula is C21H26O4. The number of esters is 1. The Hall–Kier alpha value is -2.33. The van der Waals surface area contributed by atoms with Crippen molar-refractivity contribution >= 4 is 5.97 Å². The van der Waals surface area contributed by atoms with E-state index in [2.05, 4.69) is 0 Å². The van der Waals surface area contributed by atoms with E-state index >= 15 is 0 Å². The van der Waals surface area contributed by atoms with Crippen LogP contribution in [0.3, 0.4) is 0 Å². The second-order valence-electron chi connectivity index (χ2n) is 6.07. The fraction of sp³-hybridized carbons (Fsp3) is 0.381. The topological polar surface area (TPSA) is 55.8 Å². The molecule has 1 N–H and O–H groups in total. The summed E-state index contributed by atoms with van der Waals surface area (Å²) in [5.74, 6) is 0.558. The first-order chi connectivity index (χ1) is 12.1. The lowest BCUT2D eigenvalue weighted by Crippen LogP contribution is -2.09. The number of aliphatic hydroxyl groups is 1. The van der Waals surface area contributed by atoms with Crippen molar-refractivity contribution in [1.82, 2.24) is 0 Å². The Bertz CT molecular complexity index is 667. The van der Waals surface area contributed by atoms with Gasteiger partial charge in [0.05, 0.1) is 12.7 Å². The number of rotatable bonds is 9. The van der Waals surface area contributed by atoms with Gasteiger partial charge in [0, 0.05) is 12.8 Å². The third-order valence-corrected chi connectivity index (χ3v) is 3.96. The SMILES string of the molecule is CCCC(=O)OCCC(O)c1ccc(OCc2ccccc2)cc1C. The summed E-state index contributed by atoms with van der Waals surface area (Å²) in [5.41, 5.74) is 2.90. The summed E-state index contributed by atoms with van der Waals surface area (Å²) in [6.45, 7) is 4.61. The van der Waals surface area contributed by atoms with Crippen LogP contribution in [0.5, 0.6) is 5.75 Å². The summed E-state index contributed by atoms with van der Waals surface area (Å²) in [4.78, 5) is 11.3. The standard InChI is InChI=1S/C21H26O4/c1-3-7-21(23)24-13-12-20(22)19-11-10-18(14-16(19)2)25-15-17-8-5-4-6-9-17/h4-6,8-11,14,20,22H,3,7,12-13,15H2,1-2H3. The molecule has 0 amide bonds. The molecule has 0 spiro atoms. The summed E-state index contributed by atoms with van der Waals surface area (Å²) < 4.78 is 10.9. The van der Waals surface area contributed by atoms with Crippen molar-refractivity contribution in [3.8, 4) is 5.75 Å². The van der Waals surface area contributed by atoms with Gasteiger partial charge in [0.25, 0.3) is 0 Å². The number of benzene rings is 2. The molecule has 0 aliphatic carbocycles. The monoisotopic (exact) mass is 342 g/mol. The fourth-order valence-electron chi connectivity index (χ4n) is 2.57. The normalized spacial score (nSPS) is 11.8. The van der Waals surface area contributed by atoms with Gasteiger partial charge in [0.1, 0.15) is 12.4 Å². The Balaban J connectivity index is 1.86. The number of carbonyl (C=O) groups excluding carboxylic acids is 1. The van der Waals surface area contributed by atoms with Crippen LogP contribution in [0.2, 0.25) is 0 Å². The van der Waals surface area contributed by atoms with Crippen LogP contribution in [0.4, 0.5) is 0 Å². The average molecular weight is 342 g/mol. The van der Waals surface area contributed by atoms with Gasteiger partial charge >= 0.3 is 5.97 Å². The van der Waals surface area contributed by atoms with Crippen molar-refractivity contribution in [2.45, 2.75) is 45.8 Å². The van der Waals surface area contributed by atoms with E-state index in [4.69, 9.17) is 9.47 Å². The van der Waals surface area contributed by atoms with Crippen molar-refractivity contribution in [2.75, 3.05) is 6.61 Å². The molecular weight excluding hydrogens is 316 g/mol. The van der Waals surface area contributed by atoms with Crippen molar-refractivity contribution < 1.29 is 19.4 Å². The van der Waals surface area contributed by atoms with Crippen LogP contribution in [0.15, 0.2) is 48.5 Å². The molecule has 0 fully saturated rings. The summed E-state index contributed by atoms with van der Waals surface area (Å²) in [5, 5.41) is 10.3. The molecule has 2 aromatic rings. The van der Waals surface area contributed by atoms with Crippen molar-refractivity contribution in [2.24, 2.45) is 0 Å². The molecule has 0 radical (unpaired) electrons. The Morgan fingerprint density at radius 3 is 2.60 bits per heavy atom. The van der Waals surface area contributed by atoms with Gasteiger partial charge in [-0.3, -0.25) is 4.79 Å². The van der Waals surface area contributed by atoms with Crippen LogP contribution in [-0.4, -0.2) is 17.7 Å². The zero-order valence-electron chi connectivity index (χ0n) is 14.9. The zero-order valence-corrected chi connectivity index (χ0v) is 14.9. The van der Waals surface area contributed by atoms with Crippen molar-refractivity contribution in [1.29, 1.82) is 0 Å². The highest BCUT2D eigenvalue weighted by atomic mass is 16.5. The van der Waals surface area contributed by atoms with E-state index in [9.17, 15) is 9.90 Å². The van der Waals surface area contributed by atoms with Crippen LogP contribution >= 0.6 is 0 Å². The molecule has 4 heteroatoms. The second kappa shape index (κ2) is 9.84. The highest BCUT2D eigenvalue weighted by Gasteiger charge is 2.12. The largest absolute Gasteiger partial charge is 0.489 e. The van der Waals surface area contributed by atoms with E-state index in [-0.39, 0.29) is 12.6 Å². The van der Waals surface area contributed by atoms with Gasteiger partial charge in [-0.15, -0.1) is 0 Å². The van der Waals surface area contributed by atoms with E-state index in [1.165, 1.54) is 0 Å². The Labute approximate surface area is 149 Å². The predicted molar refractivity (Wildman–Crippen MR) is 97.4 cm³/mol. The first-order valence-electron chi connectivity index (χ1n) is 8.71. The molecule has 4 nitrogen and oxygen atoms in total. The lowest BCUT2D eigenvalue weighted by Gasteiger charge is -2.15. The maximum atomic E-state index is 11.3. The summed E-state index contributed by atoms with van der Waals surface area (Å²) in [7, 11) is 0. The molecule has 0 saturated heterocycles. The molecule has 25 heavy (non-hydrogen) atoms. The Morgan fingerprint density at radius 1 is 1.16 bits per heavy atom. The van der Waals surface area contributed by atoms with Crippen LogP contribution in [0.25, 0.3) is 0 Å². The minimum Gasteiger partial charge on any atom is -0.489 e. The van der Waals surface area contributed by atoms with Crippen LogP contribution in [-0.2, 0) is 16.1 Å². The van der Waals surface area contributed by atoms with Crippen molar-refractivity contribution in [3.05, 3.63) is 65.2 Å². The lowest BCUT2D eigenvalue weighted by atomic mass is 10.0. The molecule has 0 aromatic heterocycles. The minimum absolute atomic E-state index is 0.212. The Morgan fingerprint density at radius 2 is 1.92 bits per heavy atom. The molecule has 134 valence electrons. The van der Waals surface area contributed by atoms with E-state index in [1.54, 1.807) is 0 Å². The summed E-state index contributed by atoms with van der Waals surface area (Å²) in [6.07, 6.45) is 0.922. The molecule has 2 aromatic carbocycles. The molecule has 0 heterocycles. The van der Waals surface area contributed by atoms with Gasteiger partial charge in [0.15, 0.2) is 0 Å². The highest BCUT2D eigenvalue weighted by molar-refractivity contribution is 5.69. The Kier molecular flexibility index (Phi) is 7.48. The minimum atomic E-state index is -0.655. The number of hydrogen-bond acceptors (Lipinski definition) is 4. The summed E-state index contributed by atoms with van der Waals surface area (Å²) in [6, 6.07) is 15.6. The first-order valence-corrected chi connectivity index (χ1v) is 8.71. The third-order valence-electron chi connectivity index (χ3n) is 3.96. The van der Waals surface area contributed by atoms with Gasteiger partial charge in [-0.25, -0.2) is 0 Å². The quantitative estimate of drug-likeness (QED) is 0.689. The number of hydrogen-bond donors (Lipinski definition) is 1. The predicted octanol–water partition coefficient (Wildman–Crippen LogP) is 4.34. The number of aliphatic hydroxyl groups excluding tert-OH is 1. The van der Waals surface area contributed by atoms with Gasteiger partial charge in [0.2, 0.25) is 0 Å². The molecule has 2 rings (SSSR count). The van der Waals surface area contributed by atoms with Crippen LogP contribution in [0.1, 0.15) is 49.0 Å².